The molecular formula is C16H16Cl2N2O3. The zero-order valence-corrected chi connectivity index (χ0v) is 13.9. The van der Waals surface area contributed by atoms with Gasteiger partial charge in [0.15, 0.2) is 0 Å². The Morgan fingerprint density at radius 2 is 2.13 bits per heavy atom. The molecule has 0 bridgehead atoms. The second-order valence-corrected chi connectivity index (χ2v) is 5.77. The Morgan fingerprint density at radius 1 is 1.39 bits per heavy atom. The molecule has 0 saturated carbocycles. The van der Waals surface area contributed by atoms with Crippen LogP contribution in [0.5, 0.6) is 0 Å². The number of hydrogen-bond donors (Lipinski definition) is 2. The maximum atomic E-state index is 12.4. The van der Waals surface area contributed by atoms with Gasteiger partial charge in [-0.1, -0.05) is 48.0 Å². The van der Waals surface area contributed by atoms with E-state index in [0.717, 1.165) is 0 Å². The zero-order valence-electron chi connectivity index (χ0n) is 12.4. The van der Waals surface area contributed by atoms with Crippen molar-refractivity contribution in [1.82, 2.24) is 10.6 Å². The average molecular weight is 355 g/mol. The van der Waals surface area contributed by atoms with Crippen molar-refractivity contribution in [3.8, 4) is 0 Å². The first-order valence-corrected chi connectivity index (χ1v) is 7.68. The van der Waals surface area contributed by atoms with Crippen LogP contribution in [0.3, 0.4) is 0 Å². The lowest BCUT2D eigenvalue weighted by molar-refractivity contribution is -0.147. The molecule has 122 valence electrons. The summed E-state index contributed by atoms with van der Waals surface area (Å²) < 4.78 is 5.20. The van der Waals surface area contributed by atoms with Crippen LogP contribution >= 0.6 is 23.2 Å². The number of allylic oxidation sites excluding steroid dienone is 1. The molecular weight excluding hydrogens is 339 g/mol. The van der Waals surface area contributed by atoms with Crippen LogP contribution in [0.1, 0.15) is 18.5 Å². The molecule has 1 fully saturated rings. The second-order valence-electron chi connectivity index (χ2n) is 4.95. The van der Waals surface area contributed by atoms with Gasteiger partial charge in [0.05, 0.1) is 16.1 Å². The largest absolute Gasteiger partial charge is 0.461 e. The summed E-state index contributed by atoms with van der Waals surface area (Å²) in [5.74, 6) is -1.26. The van der Waals surface area contributed by atoms with Crippen LogP contribution in [0.2, 0.25) is 10.0 Å². The lowest BCUT2D eigenvalue weighted by Crippen LogP contribution is -2.51. The molecule has 5 nitrogen and oxygen atoms in total. The molecule has 2 amide bonds. The standard InChI is InChI=1S/C16H16Cl2N2O3/c1-3-4-7-23-15(21)13-9(2)19-16(22)20-14(13)10-5-6-11(17)12(18)8-10/h3-6,8,13-14H,2,7H2,1H3,(H2,19,20,22)/b4-3+/t13-,14-/m0/s1. The Morgan fingerprint density at radius 3 is 2.78 bits per heavy atom. The summed E-state index contributed by atoms with van der Waals surface area (Å²) in [4.78, 5) is 24.1. The average Bonchev–Trinajstić information content (AvgIpc) is 2.49. The molecule has 1 heterocycles. The number of ether oxygens (including phenoxy) is 1. The number of nitrogens with one attached hydrogen (secondary N) is 2. The first-order valence-electron chi connectivity index (χ1n) is 6.93. The van der Waals surface area contributed by atoms with E-state index in [0.29, 0.717) is 15.6 Å². The molecule has 0 spiro atoms. The van der Waals surface area contributed by atoms with Crippen LogP contribution in [0, 0.1) is 5.92 Å². The van der Waals surface area contributed by atoms with Crippen molar-refractivity contribution in [1.29, 1.82) is 0 Å². The van der Waals surface area contributed by atoms with Gasteiger partial charge in [0.2, 0.25) is 0 Å². The molecule has 2 N–H and O–H groups in total. The summed E-state index contributed by atoms with van der Waals surface area (Å²) in [5, 5.41) is 5.93. The molecule has 2 atom stereocenters. The Hall–Kier alpha value is -1.98. The van der Waals surface area contributed by atoms with E-state index in [1.807, 2.05) is 6.92 Å². The number of rotatable bonds is 4. The van der Waals surface area contributed by atoms with E-state index in [9.17, 15) is 9.59 Å². The maximum absolute atomic E-state index is 12.4. The maximum Gasteiger partial charge on any atom is 0.319 e. The third kappa shape index (κ3) is 4.06. The smallest absolute Gasteiger partial charge is 0.319 e. The third-order valence-corrected chi connectivity index (χ3v) is 4.12. The Bertz CT molecular complexity index is 673. The van der Waals surface area contributed by atoms with Crippen molar-refractivity contribution in [2.24, 2.45) is 5.92 Å². The van der Waals surface area contributed by atoms with E-state index >= 15 is 0 Å². The van der Waals surface area contributed by atoms with Gasteiger partial charge >= 0.3 is 12.0 Å². The number of esters is 1. The monoisotopic (exact) mass is 354 g/mol. The van der Waals surface area contributed by atoms with Crippen molar-refractivity contribution in [2.45, 2.75) is 13.0 Å². The van der Waals surface area contributed by atoms with Gasteiger partial charge < -0.3 is 15.4 Å². The van der Waals surface area contributed by atoms with Gasteiger partial charge in [-0.15, -0.1) is 0 Å². The lowest BCUT2D eigenvalue weighted by atomic mass is 9.89. The predicted molar refractivity (Wildman–Crippen MR) is 89.3 cm³/mol. The molecule has 1 aliphatic heterocycles. The van der Waals surface area contributed by atoms with Crippen LogP contribution in [-0.4, -0.2) is 18.6 Å². The molecule has 1 aliphatic rings. The number of amides is 2. The van der Waals surface area contributed by atoms with E-state index in [-0.39, 0.29) is 12.3 Å². The van der Waals surface area contributed by atoms with Crippen LogP contribution in [0.4, 0.5) is 4.79 Å². The highest BCUT2D eigenvalue weighted by Crippen LogP contribution is 2.33. The number of benzene rings is 1. The van der Waals surface area contributed by atoms with Crippen LogP contribution < -0.4 is 10.6 Å². The first-order chi connectivity index (χ1) is 10.9. The van der Waals surface area contributed by atoms with E-state index in [4.69, 9.17) is 27.9 Å². The van der Waals surface area contributed by atoms with Gasteiger partial charge in [0.25, 0.3) is 0 Å². The number of carbonyl (C=O) groups excluding carboxylic acids is 2. The van der Waals surface area contributed by atoms with Crippen LogP contribution in [0.15, 0.2) is 42.6 Å². The van der Waals surface area contributed by atoms with Gasteiger partial charge in [0.1, 0.15) is 12.5 Å². The highest BCUT2D eigenvalue weighted by molar-refractivity contribution is 6.42. The first kappa shape index (κ1) is 17.4. The lowest BCUT2D eigenvalue weighted by Gasteiger charge is -2.33. The summed E-state index contributed by atoms with van der Waals surface area (Å²) in [6, 6.07) is 3.84. The number of carbonyl (C=O) groups is 2. The van der Waals surface area contributed by atoms with Crippen molar-refractivity contribution in [3.63, 3.8) is 0 Å². The van der Waals surface area contributed by atoms with E-state index in [1.54, 1.807) is 30.4 Å². The summed E-state index contributed by atoms with van der Waals surface area (Å²) in [5.41, 5.74) is 0.915. The van der Waals surface area contributed by atoms with E-state index in [2.05, 4.69) is 17.2 Å². The van der Waals surface area contributed by atoms with Gasteiger partial charge in [-0.05, 0) is 24.6 Å². The Kier molecular flexibility index (Phi) is 5.69. The molecule has 1 aromatic rings. The molecule has 1 saturated heterocycles. The van der Waals surface area contributed by atoms with Gasteiger partial charge in [0, 0.05) is 5.70 Å². The summed E-state index contributed by atoms with van der Waals surface area (Å²) in [6.07, 6.45) is 3.49. The highest BCUT2D eigenvalue weighted by atomic mass is 35.5. The molecule has 0 aromatic heterocycles. The fourth-order valence-electron chi connectivity index (χ4n) is 2.26. The summed E-state index contributed by atoms with van der Waals surface area (Å²) >= 11 is 11.9. The molecule has 23 heavy (non-hydrogen) atoms. The Balaban J connectivity index is 2.30. The van der Waals surface area contributed by atoms with Gasteiger partial charge in [-0.25, -0.2) is 4.79 Å². The third-order valence-electron chi connectivity index (χ3n) is 3.38. The van der Waals surface area contributed by atoms with Crippen molar-refractivity contribution in [3.05, 3.63) is 58.2 Å². The minimum Gasteiger partial charge on any atom is -0.461 e. The normalized spacial score (nSPS) is 21.0. The number of hydrogen-bond acceptors (Lipinski definition) is 3. The summed E-state index contributed by atoms with van der Waals surface area (Å²) in [6.45, 7) is 5.74. The van der Waals surface area contributed by atoms with Crippen LogP contribution in [0.25, 0.3) is 0 Å². The number of halogens is 2. The fraction of sp³-hybridized carbons (Fsp3) is 0.250. The predicted octanol–water partition coefficient (Wildman–Crippen LogP) is 3.60. The van der Waals surface area contributed by atoms with Crippen molar-refractivity contribution in [2.75, 3.05) is 6.61 Å². The fourth-order valence-corrected chi connectivity index (χ4v) is 2.57. The van der Waals surface area contributed by atoms with Crippen molar-refractivity contribution < 1.29 is 14.3 Å². The Labute approximate surface area is 144 Å². The molecule has 2 rings (SSSR count). The van der Waals surface area contributed by atoms with Crippen LogP contribution in [-0.2, 0) is 9.53 Å². The molecule has 0 aliphatic carbocycles. The van der Waals surface area contributed by atoms with E-state index < -0.39 is 24.0 Å². The molecule has 0 unspecified atom stereocenters. The van der Waals surface area contributed by atoms with Gasteiger partial charge in [-0.2, -0.15) is 0 Å². The number of urea groups is 1. The molecule has 0 radical (unpaired) electrons. The second kappa shape index (κ2) is 7.53. The van der Waals surface area contributed by atoms with Crippen molar-refractivity contribution >= 4 is 35.2 Å². The minimum atomic E-state index is -0.768. The quantitative estimate of drug-likeness (QED) is 0.641. The molecule has 1 aromatic carbocycles. The van der Waals surface area contributed by atoms with E-state index in [1.165, 1.54) is 0 Å². The highest BCUT2D eigenvalue weighted by Gasteiger charge is 2.38. The summed E-state index contributed by atoms with van der Waals surface area (Å²) in [7, 11) is 0. The molecule has 7 heteroatoms. The zero-order chi connectivity index (χ0) is 17.0. The minimum absolute atomic E-state index is 0.154. The van der Waals surface area contributed by atoms with Gasteiger partial charge in [-0.3, -0.25) is 4.79 Å². The SMILES string of the molecule is C=C1NC(=O)N[C@@H](c2ccc(Cl)c(Cl)c2)[C@H]1C(=O)OC/C=C/C. The topological polar surface area (TPSA) is 67.4 Å².